The first-order chi connectivity index (χ1) is 6.24. The van der Waals surface area contributed by atoms with Crippen LogP contribution < -0.4 is 10.5 Å². The van der Waals surface area contributed by atoms with Crippen LogP contribution >= 0.6 is 0 Å². The van der Waals surface area contributed by atoms with E-state index in [1.807, 2.05) is 6.92 Å². The van der Waals surface area contributed by atoms with Crippen LogP contribution in [0.2, 0.25) is 0 Å². The highest BCUT2D eigenvalue weighted by atomic mass is 32.2. The zero-order chi connectivity index (χ0) is 9.68. The number of hydrogen-bond acceptors (Lipinski definition) is 3. The molecule has 1 aromatic rings. The predicted octanol–water partition coefficient (Wildman–Crippen LogP) is 1.15. The summed E-state index contributed by atoms with van der Waals surface area (Å²) in [5.41, 5.74) is 6.81. The van der Waals surface area contributed by atoms with Gasteiger partial charge in [0.05, 0.1) is 17.6 Å². The smallest absolute Gasteiger partial charge is 0.117 e. The largest absolute Gasteiger partial charge is 0.396 e. The van der Waals surface area contributed by atoms with E-state index in [1.54, 1.807) is 12.3 Å². The van der Waals surface area contributed by atoms with Gasteiger partial charge in [0.2, 0.25) is 0 Å². The number of hydrogen-bond donors (Lipinski definition) is 2. The summed E-state index contributed by atoms with van der Waals surface area (Å²) in [6.45, 7) is 1.98. The van der Waals surface area contributed by atoms with E-state index in [1.165, 1.54) is 6.20 Å². The van der Waals surface area contributed by atoms with Crippen molar-refractivity contribution in [1.29, 1.82) is 0 Å². The molecule has 0 radical (unpaired) electrons. The SMILES string of the molecule is CCCS(=O)Nc1ccncc1N. The fraction of sp³-hybridized carbons (Fsp3) is 0.375. The summed E-state index contributed by atoms with van der Waals surface area (Å²) in [4.78, 5) is 3.83. The van der Waals surface area contributed by atoms with Crippen molar-refractivity contribution < 1.29 is 4.21 Å². The van der Waals surface area contributed by atoms with Crippen LogP contribution in [0.1, 0.15) is 13.3 Å². The van der Waals surface area contributed by atoms with Gasteiger partial charge in [0, 0.05) is 11.9 Å². The molecule has 0 amide bonds. The fourth-order valence-electron chi connectivity index (χ4n) is 0.859. The van der Waals surface area contributed by atoms with Crippen LogP contribution in [0, 0.1) is 0 Å². The first-order valence-corrected chi connectivity index (χ1v) is 5.40. The summed E-state index contributed by atoms with van der Waals surface area (Å²) in [6.07, 6.45) is 4.03. The molecule has 0 bridgehead atoms. The van der Waals surface area contributed by atoms with E-state index in [9.17, 15) is 4.21 Å². The first kappa shape index (κ1) is 9.98. The Kier molecular flexibility index (Phi) is 3.70. The normalized spacial score (nSPS) is 12.4. The molecule has 1 unspecified atom stereocenters. The molecule has 5 heteroatoms. The molecule has 0 aromatic carbocycles. The number of nitrogens with one attached hydrogen (secondary N) is 1. The molecule has 1 heterocycles. The van der Waals surface area contributed by atoms with Gasteiger partial charge in [0.1, 0.15) is 11.0 Å². The van der Waals surface area contributed by atoms with Crippen LogP contribution in [0.25, 0.3) is 0 Å². The minimum Gasteiger partial charge on any atom is -0.396 e. The average Bonchev–Trinajstić information content (AvgIpc) is 2.09. The molecule has 0 aliphatic heterocycles. The molecule has 0 saturated heterocycles. The third-order valence-corrected chi connectivity index (χ3v) is 2.69. The second-order valence-corrected chi connectivity index (χ2v) is 3.92. The highest BCUT2D eigenvalue weighted by Crippen LogP contribution is 2.15. The van der Waals surface area contributed by atoms with E-state index < -0.39 is 11.0 Å². The Bertz CT molecular complexity index is 303. The van der Waals surface area contributed by atoms with Crippen LogP contribution in [0.15, 0.2) is 18.5 Å². The molecule has 72 valence electrons. The molecule has 13 heavy (non-hydrogen) atoms. The number of rotatable bonds is 4. The number of nitrogens with two attached hydrogens (primary N) is 1. The summed E-state index contributed by atoms with van der Waals surface area (Å²) in [5.74, 6) is 0.627. The maximum Gasteiger partial charge on any atom is 0.117 e. The van der Waals surface area contributed by atoms with Crippen molar-refractivity contribution in [3.63, 3.8) is 0 Å². The highest BCUT2D eigenvalue weighted by molar-refractivity contribution is 7.86. The summed E-state index contributed by atoms with van der Waals surface area (Å²) in [6, 6.07) is 1.71. The Morgan fingerprint density at radius 2 is 2.46 bits per heavy atom. The maximum absolute atomic E-state index is 11.3. The lowest BCUT2D eigenvalue weighted by molar-refractivity contribution is 0.685. The van der Waals surface area contributed by atoms with Crippen molar-refractivity contribution in [2.24, 2.45) is 0 Å². The molecule has 1 rings (SSSR count). The molecule has 1 aromatic heterocycles. The summed E-state index contributed by atoms with van der Waals surface area (Å²) < 4.78 is 14.1. The van der Waals surface area contributed by atoms with Crippen molar-refractivity contribution in [3.05, 3.63) is 18.5 Å². The van der Waals surface area contributed by atoms with Crippen molar-refractivity contribution in [3.8, 4) is 0 Å². The Morgan fingerprint density at radius 1 is 1.69 bits per heavy atom. The average molecular weight is 199 g/mol. The molecule has 0 spiro atoms. The quantitative estimate of drug-likeness (QED) is 0.764. The molecular weight excluding hydrogens is 186 g/mol. The number of nitrogens with zero attached hydrogens (tertiary/aromatic N) is 1. The van der Waals surface area contributed by atoms with Gasteiger partial charge in [-0.15, -0.1) is 0 Å². The van der Waals surface area contributed by atoms with Crippen LogP contribution in [0.3, 0.4) is 0 Å². The van der Waals surface area contributed by atoms with Crippen molar-refractivity contribution in [2.75, 3.05) is 16.2 Å². The maximum atomic E-state index is 11.3. The van der Waals surface area contributed by atoms with Crippen LogP contribution in [0.5, 0.6) is 0 Å². The van der Waals surface area contributed by atoms with E-state index >= 15 is 0 Å². The monoisotopic (exact) mass is 199 g/mol. The Morgan fingerprint density at radius 3 is 3.08 bits per heavy atom. The fourth-order valence-corrected chi connectivity index (χ4v) is 1.76. The van der Waals surface area contributed by atoms with E-state index in [0.717, 1.165) is 6.42 Å². The Labute approximate surface area is 80.1 Å². The Balaban J connectivity index is 2.63. The lowest BCUT2D eigenvalue weighted by Crippen LogP contribution is -2.09. The third-order valence-electron chi connectivity index (χ3n) is 1.47. The summed E-state index contributed by atoms with van der Waals surface area (Å²) in [7, 11) is -1.04. The van der Waals surface area contributed by atoms with Crippen LogP contribution in [0.4, 0.5) is 11.4 Å². The predicted molar refractivity (Wildman–Crippen MR) is 55.6 cm³/mol. The number of nitrogen functional groups attached to an aromatic ring is 1. The van der Waals surface area contributed by atoms with Gasteiger partial charge < -0.3 is 10.5 Å². The number of anilines is 2. The van der Waals surface area contributed by atoms with Crippen molar-refractivity contribution in [2.45, 2.75) is 13.3 Å². The standard InChI is InChI=1S/C8H13N3OS/c1-2-5-13(12)11-8-3-4-10-6-7(8)9/h3-4,6H,2,5,9H2,1H3,(H,10,11). The van der Waals surface area contributed by atoms with Gasteiger partial charge in [0.15, 0.2) is 0 Å². The van der Waals surface area contributed by atoms with E-state index in [4.69, 9.17) is 5.73 Å². The van der Waals surface area contributed by atoms with Gasteiger partial charge in [-0.3, -0.25) is 4.98 Å². The van der Waals surface area contributed by atoms with E-state index in [0.29, 0.717) is 17.1 Å². The lowest BCUT2D eigenvalue weighted by Gasteiger charge is -2.06. The summed E-state index contributed by atoms with van der Waals surface area (Å²) in [5, 5.41) is 0. The van der Waals surface area contributed by atoms with Gasteiger partial charge in [-0.2, -0.15) is 0 Å². The zero-order valence-corrected chi connectivity index (χ0v) is 8.30. The molecule has 0 aliphatic rings. The second-order valence-electron chi connectivity index (χ2n) is 2.61. The van der Waals surface area contributed by atoms with Gasteiger partial charge in [-0.1, -0.05) is 6.92 Å². The minimum atomic E-state index is -1.04. The number of pyridine rings is 1. The zero-order valence-electron chi connectivity index (χ0n) is 7.49. The molecule has 0 aliphatic carbocycles. The topological polar surface area (TPSA) is 68.0 Å². The molecule has 0 fully saturated rings. The molecule has 1 atom stereocenters. The van der Waals surface area contributed by atoms with Crippen molar-refractivity contribution >= 4 is 22.4 Å². The van der Waals surface area contributed by atoms with Crippen molar-refractivity contribution in [1.82, 2.24) is 4.98 Å². The number of aromatic nitrogens is 1. The van der Waals surface area contributed by atoms with E-state index in [2.05, 4.69) is 9.71 Å². The summed E-state index contributed by atoms with van der Waals surface area (Å²) >= 11 is 0. The highest BCUT2D eigenvalue weighted by Gasteiger charge is 2.01. The van der Waals surface area contributed by atoms with Gasteiger partial charge in [-0.25, -0.2) is 4.21 Å². The second kappa shape index (κ2) is 4.81. The van der Waals surface area contributed by atoms with Crippen LogP contribution in [-0.2, 0) is 11.0 Å². The third kappa shape index (κ3) is 3.02. The molecule has 3 N–H and O–H groups in total. The Hall–Kier alpha value is -1.10. The molecule has 4 nitrogen and oxygen atoms in total. The van der Waals surface area contributed by atoms with Gasteiger partial charge in [-0.05, 0) is 12.5 Å². The molecular formula is C8H13N3OS. The van der Waals surface area contributed by atoms with Crippen LogP contribution in [-0.4, -0.2) is 14.9 Å². The minimum absolute atomic E-state index is 0.520. The van der Waals surface area contributed by atoms with Gasteiger partial charge >= 0.3 is 0 Å². The molecule has 0 saturated carbocycles. The lowest BCUT2D eigenvalue weighted by atomic mass is 10.4. The van der Waals surface area contributed by atoms with E-state index in [-0.39, 0.29) is 0 Å². The first-order valence-electron chi connectivity index (χ1n) is 4.08. The van der Waals surface area contributed by atoms with Gasteiger partial charge in [0.25, 0.3) is 0 Å².